The maximum Gasteiger partial charge on any atom is 0.341 e. The van der Waals surface area contributed by atoms with Crippen molar-refractivity contribution in [3.8, 4) is 23.9 Å². The third kappa shape index (κ3) is 3.60. The van der Waals surface area contributed by atoms with Gasteiger partial charge < -0.3 is 4.74 Å². The summed E-state index contributed by atoms with van der Waals surface area (Å²) in [6, 6.07) is 6.80. The SMILES string of the molecule is C#CCOC(=O)c1cc(C)cnc1-c1nc2c(C)cccc2n1S(=O)(=O)N(C)C. The number of para-hydroxylation sites is 1. The first-order valence-electron chi connectivity index (χ1n) is 8.67. The smallest absolute Gasteiger partial charge is 0.341 e. The Morgan fingerprint density at radius 3 is 2.69 bits per heavy atom. The highest BCUT2D eigenvalue weighted by atomic mass is 32.2. The fourth-order valence-electron chi connectivity index (χ4n) is 2.85. The van der Waals surface area contributed by atoms with Crippen LogP contribution in [0.25, 0.3) is 22.6 Å². The van der Waals surface area contributed by atoms with Crippen LogP contribution in [0.2, 0.25) is 0 Å². The molecule has 0 fully saturated rings. The first-order chi connectivity index (χ1) is 13.7. The van der Waals surface area contributed by atoms with E-state index in [2.05, 4.69) is 15.9 Å². The summed E-state index contributed by atoms with van der Waals surface area (Å²) in [5.41, 5.74) is 2.56. The zero-order valence-corrected chi connectivity index (χ0v) is 17.3. The van der Waals surface area contributed by atoms with Crippen molar-refractivity contribution in [3.63, 3.8) is 0 Å². The molecule has 0 aliphatic heterocycles. The maximum atomic E-state index is 13.1. The van der Waals surface area contributed by atoms with Crippen molar-refractivity contribution in [2.24, 2.45) is 0 Å². The Balaban J connectivity index is 2.39. The normalized spacial score (nSPS) is 11.6. The van der Waals surface area contributed by atoms with Gasteiger partial charge in [0.25, 0.3) is 0 Å². The van der Waals surface area contributed by atoms with Gasteiger partial charge in [-0.3, -0.25) is 4.98 Å². The van der Waals surface area contributed by atoms with E-state index in [1.165, 1.54) is 20.3 Å². The summed E-state index contributed by atoms with van der Waals surface area (Å²) in [6.07, 6.45) is 6.71. The van der Waals surface area contributed by atoms with Gasteiger partial charge in [0.15, 0.2) is 12.4 Å². The predicted molar refractivity (Wildman–Crippen MR) is 110 cm³/mol. The number of aromatic nitrogens is 3. The first-order valence-corrected chi connectivity index (χ1v) is 10.1. The highest BCUT2D eigenvalue weighted by Gasteiger charge is 2.29. The van der Waals surface area contributed by atoms with Gasteiger partial charge in [-0.2, -0.15) is 12.7 Å². The van der Waals surface area contributed by atoms with E-state index in [-0.39, 0.29) is 23.7 Å². The van der Waals surface area contributed by atoms with Crippen molar-refractivity contribution < 1.29 is 17.9 Å². The number of hydrogen-bond acceptors (Lipinski definition) is 6. The Labute approximate surface area is 169 Å². The number of aryl methyl sites for hydroxylation is 2. The second kappa shape index (κ2) is 7.66. The molecule has 0 saturated heterocycles. The summed E-state index contributed by atoms with van der Waals surface area (Å²) in [7, 11) is -1.12. The largest absolute Gasteiger partial charge is 0.449 e. The van der Waals surface area contributed by atoms with Gasteiger partial charge in [-0.25, -0.2) is 13.8 Å². The minimum atomic E-state index is -3.96. The number of benzene rings is 1. The van der Waals surface area contributed by atoms with Crippen LogP contribution in [0, 0.1) is 26.2 Å². The van der Waals surface area contributed by atoms with E-state index in [4.69, 9.17) is 11.2 Å². The van der Waals surface area contributed by atoms with E-state index >= 15 is 0 Å². The molecule has 1 aromatic carbocycles. The number of terminal acetylenes is 1. The average molecular weight is 412 g/mol. The molecule has 3 aromatic rings. The molecule has 0 unspecified atom stereocenters. The molecule has 2 heterocycles. The zero-order chi connectivity index (χ0) is 21.3. The Morgan fingerprint density at radius 2 is 2.03 bits per heavy atom. The number of esters is 1. The van der Waals surface area contributed by atoms with Crippen LogP contribution in [-0.4, -0.2) is 53.3 Å². The van der Waals surface area contributed by atoms with Crippen LogP contribution < -0.4 is 0 Å². The van der Waals surface area contributed by atoms with Gasteiger partial charge in [-0.15, -0.1) is 6.42 Å². The van der Waals surface area contributed by atoms with Gasteiger partial charge >= 0.3 is 16.2 Å². The van der Waals surface area contributed by atoms with Gasteiger partial charge in [-0.1, -0.05) is 18.1 Å². The standard InChI is InChI=1S/C20H20N4O4S/c1-6-10-28-20(25)15-11-13(2)12-21-18(15)19-22-17-14(3)8-7-9-16(17)24(19)29(26,27)23(4)5/h1,7-9,11-12H,10H2,2-5H3. The van der Waals surface area contributed by atoms with E-state index in [1.807, 2.05) is 13.0 Å². The summed E-state index contributed by atoms with van der Waals surface area (Å²) >= 11 is 0. The lowest BCUT2D eigenvalue weighted by Crippen LogP contribution is -2.29. The summed E-state index contributed by atoms with van der Waals surface area (Å²) < 4.78 is 33.4. The molecule has 0 saturated carbocycles. The molecule has 29 heavy (non-hydrogen) atoms. The number of fused-ring (bicyclic) bond motifs is 1. The lowest BCUT2D eigenvalue weighted by molar-refractivity contribution is 0.0557. The van der Waals surface area contributed by atoms with E-state index in [0.29, 0.717) is 16.6 Å². The van der Waals surface area contributed by atoms with Crippen molar-refractivity contribution in [1.29, 1.82) is 0 Å². The predicted octanol–water partition coefficient (Wildman–Crippen LogP) is 2.16. The number of rotatable bonds is 5. The lowest BCUT2D eigenvalue weighted by atomic mass is 10.1. The van der Waals surface area contributed by atoms with Gasteiger partial charge in [0.2, 0.25) is 0 Å². The lowest BCUT2D eigenvalue weighted by Gasteiger charge is -2.16. The molecular weight excluding hydrogens is 392 g/mol. The quantitative estimate of drug-likeness (QED) is 0.471. The van der Waals surface area contributed by atoms with Crippen LogP contribution >= 0.6 is 0 Å². The summed E-state index contributed by atoms with van der Waals surface area (Å²) in [6.45, 7) is 3.38. The summed E-state index contributed by atoms with van der Waals surface area (Å²) in [4.78, 5) is 21.4. The van der Waals surface area contributed by atoms with Crippen molar-refractivity contribution in [2.45, 2.75) is 13.8 Å². The molecule has 0 spiro atoms. The fraction of sp³-hybridized carbons (Fsp3) is 0.250. The monoisotopic (exact) mass is 412 g/mol. The highest BCUT2D eigenvalue weighted by Crippen LogP contribution is 2.30. The van der Waals surface area contributed by atoms with E-state index < -0.39 is 16.2 Å². The number of ether oxygens (including phenoxy) is 1. The van der Waals surface area contributed by atoms with E-state index in [9.17, 15) is 13.2 Å². The molecule has 150 valence electrons. The first kappa shape index (κ1) is 20.5. The Kier molecular flexibility index (Phi) is 5.42. The van der Waals surface area contributed by atoms with Gasteiger partial charge in [0.05, 0.1) is 16.6 Å². The zero-order valence-electron chi connectivity index (χ0n) is 16.5. The maximum absolute atomic E-state index is 13.1. The molecule has 0 atom stereocenters. The minimum absolute atomic E-state index is 0.0238. The number of hydrogen-bond donors (Lipinski definition) is 0. The number of imidazole rings is 1. The van der Waals surface area contributed by atoms with Crippen molar-refractivity contribution >= 4 is 27.2 Å². The van der Waals surface area contributed by atoms with E-state index in [0.717, 1.165) is 13.8 Å². The Morgan fingerprint density at radius 1 is 1.31 bits per heavy atom. The van der Waals surface area contributed by atoms with Gasteiger partial charge in [0, 0.05) is 20.3 Å². The van der Waals surface area contributed by atoms with Crippen LogP contribution in [0.3, 0.4) is 0 Å². The third-order valence-electron chi connectivity index (χ3n) is 4.28. The molecular formula is C20H20N4O4S. The van der Waals surface area contributed by atoms with E-state index in [1.54, 1.807) is 25.1 Å². The summed E-state index contributed by atoms with van der Waals surface area (Å²) in [5, 5.41) is 0. The molecule has 0 N–H and O–H groups in total. The second-order valence-corrected chi connectivity index (χ2v) is 8.61. The number of carbonyl (C=O) groups excluding carboxylic acids is 1. The topological polar surface area (TPSA) is 94.4 Å². The number of pyridine rings is 1. The second-order valence-electron chi connectivity index (χ2n) is 6.62. The molecule has 0 aliphatic rings. The molecule has 2 aromatic heterocycles. The molecule has 0 radical (unpaired) electrons. The Hall–Kier alpha value is -3.22. The van der Waals surface area contributed by atoms with Crippen LogP contribution in [0.5, 0.6) is 0 Å². The minimum Gasteiger partial charge on any atom is -0.449 e. The fourth-order valence-corrected chi connectivity index (χ4v) is 3.92. The third-order valence-corrected chi connectivity index (χ3v) is 6.03. The molecule has 0 amide bonds. The van der Waals surface area contributed by atoms with Gasteiger partial charge in [0.1, 0.15) is 5.69 Å². The molecule has 8 nitrogen and oxygen atoms in total. The molecule has 3 rings (SSSR count). The number of carbonyl (C=O) groups is 1. The van der Waals surface area contributed by atoms with Crippen molar-refractivity contribution in [3.05, 3.63) is 47.2 Å². The summed E-state index contributed by atoms with van der Waals surface area (Å²) in [5.74, 6) is 1.56. The van der Waals surface area contributed by atoms with Crippen LogP contribution in [0.4, 0.5) is 0 Å². The molecule has 0 aliphatic carbocycles. The Bertz CT molecular complexity index is 1250. The molecule has 0 bridgehead atoms. The van der Waals surface area contributed by atoms with Crippen molar-refractivity contribution in [1.82, 2.24) is 18.2 Å². The van der Waals surface area contributed by atoms with Crippen LogP contribution in [0.15, 0.2) is 30.5 Å². The van der Waals surface area contributed by atoms with Crippen molar-refractivity contribution in [2.75, 3.05) is 20.7 Å². The highest BCUT2D eigenvalue weighted by molar-refractivity contribution is 7.87. The van der Waals surface area contributed by atoms with Crippen LogP contribution in [-0.2, 0) is 14.9 Å². The van der Waals surface area contributed by atoms with Crippen LogP contribution in [0.1, 0.15) is 21.5 Å². The number of nitrogens with zero attached hydrogens (tertiary/aromatic N) is 4. The van der Waals surface area contributed by atoms with Gasteiger partial charge in [-0.05, 0) is 37.1 Å². The average Bonchev–Trinajstić information content (AvgIpc) is 3.07. The molecule has 9 heteroatoms.